The predicted molar refractivity (Wildman–Crippen MR) is 157 cm³/mol. The Labute approximate surface area is 261 Å². The Bertz CT molecular complexity index is 1930. The molecular weight excluding hydrogens is 684 g/mol. The second kappa shape index (κ2) is 11.7. The molecule has 3 aliphatic heterocycles. The summed E-state index contributed by atoms with van der Waals surface area (Å²) in [6.45, 7) is -9.37. The van der Waals surface area contributed by atoms with E-state index in [0.717, 1.165) is 12.5 Å². The fourth-order valence-corrected chi connectivity index (χ4v) is 8.48. The zero-order valence-electron chi connectivity index (χ0n) is 22.9. The van der Waals surface area contributed by atoms with Crippen LogP contribution in [0.3, 0.4) is 0 Å². The number of nitrogens with one attached hydrogen (secondary N) is 2. The molecule has 3 N–H and O–H groups in total. The van der Waals surface area contributed by atoms with Gasteiger partial charge in [-0.1, -0.05) is 12.2 Å². The van der Waals surface area contributed by atoms with Crippen LogP contribution in [0.5, 0.6) is 0 Å². The first kappa shape index (κ1) is 31.2. The number of H-pyrrole nitrogens is 1. The number of aromatic amines is 1. The number of anilines is 1. The van der Waals surface area contributed by atoms with Crippen molar-refractivity contribution in [3.8, 4) is 0 Å². The number of fused-ring (bicyclic) bond motifs is 5. The van der Waals surface area contributed by atoms with Crippen molar-refractivity contribution >= 4 is 65.6 Å². The molecule has 0 aliphatic carbocycles. The molecule has 17 nitrogen and oxygen atoms in total. The molecule has 2 unspecified atom stereocenters. The zero-order valence-corrected chi connectivity index (χ0v) is 26.4. The molecule has 0 aromatic carbocycles. The van der Waals surface area contributed by atoms with Gasteiger partial charge in [-0.2, -0.15) is 0 Å². The Morgan fingerprint density at radius 2 is 1.93 bits per heavy atom. The fraction of sp³-hybridized carbons (Fsp3) is 0.500. The first-order valence-corrected chi connectivity index (χ1v) is 18.6. The lowest BCUT2D eigenvalue weighted by Crippen LogP contribution is -2.34. The highest BCUT2D eigenvalue weighted by molar-refractivity contribution is 8.44. The van der Waals surface area contributed by atoms with Crippen LogP contribution in [0.25, 0.3) is 22.2 Å². The third-order valence-corrected chi connectivity index (χ3v) is 10.7. The molecule has 3 fully saturated rings. The quantitative estimate of drug-likeness (QED) is 0.179. The molecule has 3 aliphatic rings. The van der Waals surface area contributed by atoms with Gasteiger partial charge in [-0.05, 0) is 11.8 Å². The van der Waals surface area contributed by atoms with Crippen LogP contribution in [0, 0.1) is 5.82 Å². The highest BCUT2D eigenvalue weighted by Gasteiger charge is 2.52. The third kappa shape index (κ3) is 5.73. The van der Waals surface area contributed by atoms with E-state index in [9.17, 15) is 18.6 Å². The maximum absolute atomic E-state index is 16.1. The molecule has 4 aromatic rings. The van der Waals surface area contributed by atoms with Crippen LogP contribution in [0.1, 0.15) is 18.9 Å². The van der Waals surface area contributed by atoms with Gasteiger partial charge in [-0.15, -0.1) is 0 Å². The summed E-state index contributed by atoms with van der Waals surface area (Å²) in [7, 11) is 1.64. The lowest BCUT2D eigenvalue weighted by Gasteiger charge is -2.27. The van der Waals surface area contributed by atoms with Crippen molar-refractivity contribution in [1.29, 1.82) is 0 Å². The lowest BCUT2D eigenvalue weighted by atomic mass is 10.1. The molecule has 0 spiro atoms. The minimum absolute atomic E-state index is 0.00737. The Morgan fingerprint density at radius 3 is 2.73 bits per heavy atom. The van der Waals surface area contributed by atoms with Gasteiger partial charge in [0.2, 0.25) is 0 Å². The highest BCUT2D eigenvalue weighted by Crippen LogP contribution is 2.58. The number of ether oxygens (including phenoxy) is 2. The molecule has 3 saturated heterocycles. The van der Waals surface area contributed by atoms with Gasteiger partial charge in [0.05, 0.1) is 32.0 Å². The summed E-state index contributed by atoms with van der Waals surface area (Å²) in [5.41, 5.74) is -0.193. The topological polar surface area (TPSA) is 199 Å². The van der Waals surface area contributed by atoms with Crippen molar-refractivity contribution < 1.29 is 45.8 Å². The molecule has 242 valence electrons. The number of aromatic nitrogens is 7. The summed E-state index contributed by atoms with van der Waals surface area (Å²) in [5.74, 6) is -0.475. The van der Waals surface area contributed by atoms with Gasteiger partial charge in [-0.25, -0.2) is 33.3 Å². The normalized spacial score (nSPS) is 36.0. The van der Waals surface area contributed by atoms with Gasteiger partial charge in [0.1, 0.15) is 35.5 Å². The SMILES string of the molecule is CNc1ncnc2c1ncn2[C@@H]1O[C@@H]2COP(O)(=S)O[C@@H]3C[C@@H](COP(=O)(S)O[C@H]2[C@H]1F)O[C@H]3n1cc(F)c2c(=O)[nH]cnc21. The van der Waals surface area contributed by atoms with Gasteiger partial charge in [0.25, 0.3) is 5.56 Å². The number of halogens is 2. The highest BCUT2D eigenvalue weighted by atomic mass is 32.7. The summed E-state index contributed by atoms with van der Waals surface area (Å²) in [6.07, 6.45) is -4.70. The minimum Gasteiger partial charge on any atom is -0.371 e. The number of rotatable bonds is 3. The fourth-order valence-electron chi connectivity index (χ4n) is 5.54. The summed E-state index contributed by atoms with van der Waals surface area (Å²) >= 11 is 9.31. The number of hydrogen-bond donors (Lipinski definition) is 4. The van der Waals surface area contributed by atoms with E-state index in [2.05, 4.69) is 42.5 Å². The number of alkyl halides is 1. The van der Waals surface area contributed by atoms with Crippen molar-refractivity contribution in [2.75, 3.05) is 25.6 Å². The predicted octanol–water partition coefficient (Wildman–Crippen LogP) is 2.34. The van der Waals surface area contributed by atoms with Crippen LogP contribution < -0.4 is 10.9 Å². The van der Waals surface area contributed by atoms with Gasteiger partial charge in [-0.3, -0.25) is 18.4 Å². The Hall–Kier alpha value is -2.42. The van der Waals surface area contributed by atoms with Crippen molar-refractivity contribution in [2.45, 2.75) is 49.5 Å². The number of nitrogens with zero attached hydrogens (tertiary/aromatic N) is 6. The Balaban J connectivity index is 1.19. The van der Waals surface area contributed by atoms with Crippen molar-refractivity contribution in [3.05, 3.63) is 41.3 Å². The van der Waals surface area contributed by atoms with Crippen LogP contribution in [-0.4, -0.2) is 89.8 Å². The molecule has 7 rings (SSSR count). The lowest BCUT2D eigenvalue weighted by molar-refractivity contribution is -0.0583. The standard InChI is InChI=1S/C22H24F2N8O9P2S2/c1-25-17-15-19(28-6-26-17)32(8-30-15)22-14(24)16-12(39-22)5-37-42(34,44)40-11-2-9(4-36-43(35,45)41-16)38-21(11)31-3-10(23)13-18(31)27-7-29-20(13)33/h3,6-9,11-12,14,16,21-22H,2,4-5H2,1H3,(H,34,44)(H,35,45)(H,25,26,28)(H,27,29,33)/t9-,11+,12+,14+,16+,21+,22+,42?,43?/m0/s1. The molecule has 7 heterocycles. The van der Waals surface area contributed by atoms with Crippen molar-refractivity contribution in [1.82, 2.24) is 34.1 Å². The molecular formula is C22H24F2N8O9P2S2. The van der Waals surface area contributed by atoms with E-state index in [1.54, 1.807) is 7.05 Å². The monoisotopic (exact) mass is 708 g/mol. The van der Waals surface area contributed by atoms with Crippen molar-refractivity contribution in [2.24, 2.45) is 0 Å². The summed E-state index contributed by atoms with van der Waals surface area (Å²) in [4.78, 5) is 42.2. The molecule has 0 radical (unpaired) electrons. The smallest absolute Gasteiger partial charge is 0.371 e. The van der Waals surface area contributed by atoms with Gasteiger partial charge in [0.15, 0.2) is 41.6 Å². The van der Waals surface area contributed by atoms with Crippen LogP contribution >= 0.6 is 25.8 Å². The van der Waals surface area contributed by atoms with Gasteiger partial charge >= 0.3 is 13.5 Å². The van der Waals surface area contributed by atoms with Gasteiger partial charge < -0.3 is 38.3 Å². The molecule has 0 saturated carbocycles. The minimum atomic E-state index is -4.29. The molecule has 4 aromatic heterocycles. The maximum Gasteiger partial charge on any atom is 0.386 e. The average molecular weight is 709 g/mol. The molecule has 45 heavy (non-hydrogen) atoms. The van der Waals surface area contributed by atoms with Crippen LogP contribution in [0.15, 0.2) is 30.0 Å². The van der Waals surface area contributed by atoms with Crippen molar-refractivity contribution in [3.63, 3.8) is 0 Å². The molecule has 2 bridgehead atoms. The van der Waals surface area contributed by atoms with E-state index in [1.165, 1.54) is 21.8 Å². The number of hydrogen-bond acceptors (Lipinski definition) is 14. The van der Waals surface area contributed by atoms with E-state index in [4.69, 9.17) is 39.4 Å². The summed E-state index contributed by atoms with van der Waals surface area (Å²) < 4.78 is 81.1. The first-order valence-electron chi connectivity index (χ1n) is 13.3. The van der Waals surface area contributed by atoms with Crippen LogP contribution in [0.2, 0.25) is 0 Å². The number of imidazole rings is 1. The Kier molecular flexibility index (Phi) is 8.09. The first-order chi connectivity index (χ1) is 21.4. The van der Waals surface area contributed by atoms with Crippen LogP contribution in [-0.2, 0) is 43.9 Å². The van der Waals surface area contributed by atoms with E-state index < -0.39 is 81.1 Å². The van der Waals surface area contributed by atoms with Crippen LogP contribution in [0.4, 0.5) is 14.6 Å². The second-order valence-electron chi connectivity index (χ2n) is 10.2. The Morgan fingerprint density at radius 1 is 1.11 bits per heavy atom. The van der Waals surface area contributed by atoms with E-state index in [0.29, 0.717) is 11.3 Å². The third-order valence-electron chi connectivity index (χ3n) is 7.47. The maximum atomic E-state index is 16.1. The van der Waals surface area contributed by atoms with Gasteiger partial charge in [0, 0.05) is 19.7 Å². The summed E-state index contributed by atoms with van der Waals surface area (Å²) in [5, 5.41) is 2.55. The molecule has 9 atom stereocenters. The zero-order chi connectivity index (χ0) is 31.7. The summed E-state index contributed by atoms with van der Waals surface area (Å²) in [6, 6.07) is 0. The molecule has 23 heteroatoms. The second-order valence-corrected chi connectivity index (χ2v) is 15.9. The average Bonchev–Trinajstić information content (AvgIpc) is 3.75. The van der Waals surface area contributed by atoms with E-state index in [-0.39, 0.29) is 23.1 Å². The number of thiol groups is 1. The molecule has 0 amide bonds. The largest absolute Gasteiger partial charge is 0.386 e. The van der Waals surface area contributed by atoms with E-state index in [1.807, 2.05) is 0 Å². The van der Waals surface area contributed by atoms with E-state index >= 15 is 4.39 Å².